The number of aryl methyl sites for hydroxylation is 2. The number of benzene rings is 1. The number of carbonyl (C=O) groups is 1. The molecule has 0 unspecified atom stereocenters. The van der Waals surface area contributed by atoms with Gasteiger partial charge in [0.1, 0.15) is 0 Å². The first-order valence-corrected chi connectivity index (χ1v) is 10.8. The molecular formula is C23H31N5O. The summed E-state index contributed by atoms with van der Waals surface area (Å²) in [5, 5.41) is 6.40. The molecule has 1 aromatic carbocycles. The van der Waals surface area contributed by atoms with Gasteiger partial charge in [-0.3, -0.25) is 4.79 Å². The zero-order valence-electron chi connectivity index (χ0n) is 17.4. The van der Waals surface area contributed by atoms with Gasteiger partial charge in [0.05, 0.1) is 0 Å². The van der Waals surface area contributed by atoms with E-state index in [2.05, 4.69) is 25.5 Å². The Bertz CT molecular complexity index is 846. The fraction of sp³-hybridized carbons (Fsp3) is 0.522. The van der Waals surface area contributed by atoms with Gasteiger partial charge in [0.2, 0.25) is 5.95 Å². The fourth-order valence-electron chi connectivity index (χ4n) is 4.79. The van der Waals surface area contributed by atoms with Gasteiger partial charge in [0.25, 0.3) is 5.91 Å². The zero-order valence-corrected chi connectivity index (χ0v) is 17.4. The highest BCUT2D eigenvalue weighted by Gasteiger charge is 2.32. The summed E-state index contributed by atoms with van der Waals surface area (Å²) < 4.78 is 0. The van der Waals surface area contributed by atoms with Gasteiger partial charge in [-0.05, 0) is 82.8 Å². The summed E-state index contributed by atoms with van der Waals surface area (Å²) in [5.41, 5.74) is 3.31. The van der Waals surface area contributed by atoms with Crippen molar-refractivity contribution in [3.8, 4) is 0 Å². The van der Waals surface area contributed by atoms with E-state index in [0.29, 0.717) is 23.5 Å². The molecular weight excluding hydrogens is 362 g/mol. The second kappa shape index (κ2) is 8.91. The zero-order chi connectivity index (χ0) is 20.2. The van der Waals surface area contributed by atoms with Crippen LogP contribution in [-0.2, 0) is 0 Å². The van der Waals surface area contributed by atoms with E-state index in [-0.39, 0.29) is 5.91 Å². The summed E-state index contributed by atoms with van der Waals surface area (Å²) in [6.07, 6.45) is 6.37. The Kier molecular flexibility index (Phi) is 6.09. The van der Waals surface area contributed by atoms with Gasteiger partial charge >= 0.3 is 0 Å². The average molecular weight is 394 g/mol. The largest absolute Gasteiger partial charge is 0.352 e. The molecule has 2 aliphatic rings. The van der Waals surface area contributed by atoms with E-state index in [0.717, 1.165) is 23.6 Å². The van der Waals surface area contributed by atoms with Crippen LogP contribution in [0.5, 0.6) is 0 Å². The monoisotopic (exact) mass is 393 g/mol. The second-order valence-electron chi connectivity index (χ2n) is 8.39. The highest BCUT2D eigenvalue weighted by Crippen LogP contribution is 2.30. The van der Waals surface area contributed by atoms with Gasteiger partial charge in [-0.1, -0.05) is 12.5 Å². The maximum Gasteiger partial charge on any atom is 0.251 e. The molecule has 4 rings (SSSR count). The van der Waals surface area contributed by atoms with Crippen LogP contribution in [0.15, 0.2) is 30.3 Å². The van der Waals surface area contributed by atoms with E-state index in [1.165, 1.54) is 45.2 Å². The number of nitrogens with zero attached hydrogens (tertiary/aromatic N) is 3. The van der Waals surface area contributed by atoms with Gasteiger partial charge in [0, 0.05) is 35.2 Å². The Morgan fingerprint density at radius 3 is 2.69 bits per heavy atom. The van der Waals surface area contributed by atoms with Crippen LogP contribution in [0, 0.1) is 19.8 Å². The van der Waals surface area contributed by atoms with Crippen molar-refractivity contribution in [2.45, 2.75) is 52.0 Å². The average Bonchev–Trinajstić information content (AvgIpc) is 2.71. The third-order valence-electron chi connectivity index (χ3n) is 6.12. The van der Waals surface area contributed by atoms with Crippen molar-refractivity contribution in [1.29, 1.82) is 0 Å². The molecule has 0 spiro atoms. The third-order valence-corrected chi connectivity index (χ3v) is 6.12. The predicted octanol–water partition coefficient (Wildman–Crippen LogP) is 3.83. The van der Waals surface area contributed by atoms with E-state index in [1.54, 1.807) is 0 Å². The smallest absolute Gasteiger partial charge is 0.251 e. The fourth-order valence-corrected chi connectivity index (χ4v) is 4.79. The first kappa shape index (κ1) is 19.8. The molecule has 2 fully saturated rings. The van der Waals surface area contributed by atoms with Crippen LogP contribution in [0.2, 0.25) is 0 Å². The number of hydrogen-bond acceptors (Lipinski definition) is 5. The van der Waals surface area contributed by atoms with Gasteiger partial charge < -0.3 is 15.5 Å². The standard InChI is InChI=1S/C23H31N5O/c1-16-13-17(2)26-23(25-16)27-20-9-5-7-18(14-20)22(29)24-15-19-8-6-12-28-11-4-3-10-21(19)28/h5,7,9,13-14,19,21H,3-4,6,8,10-12,15H2,1-2H3,(H,24,29)(H,25,26,27)/t19-,21+/m1/s1. The van der Waals surface area contributed by atoms with Crippen molar-refractivity contribution in [3.63, 3.8) is 0 Å². The van der Waals surface area contributed by atoms with Crippen LogP contribution in [-0.4, -0.2) is 46.5 Å². The lowest BCUT2D eigenvalue weighted by atomic mass is 9.83. The molecule has 0 aliphatic carbocycles. The Balaban J connectivity index is 1.38. The van der Waals surface area contributed by atoms with Crippen LogP contribution in [0.3, 0.4) is 0 Å². The molecule has 6 nitrogen and oxygen atoms in total. The molecule has 2 saturated heterocycles. The van der Waals surface area contributed by atoms with Gasteiger partial charge in [-0.25, -0.2) is 9.97 Å². The van der Waals surface area contributed by atoms with Crippen molar-refractivity contribution in [2.24, 2.45) is 5.92 Å². The SMILES string of the molecule is Cc1cc(C)nc(Nc2cccc(C(=O)NC[C@H]3CCCN4CCCC[C@@H]34)c2)n1. The number of carbonyl (C=O) groups excluding carboxylic acids is 1. The highest BCUT2D eigenvalue weighted by molar-refractivity contribution is 5.95. The minimum atomic E-state index is -0.0112. The van der Waals surface area contributed by atoms with E-state index in [4.69, 9.17) is 0 Å². The van der Waals surface area contributed by atoms with Crippen molar-refractivity contribution >= 4 is 17.5 Å². The maximum atomic E-state index is 12.8. The Morgan fingerprint density at radius 1 is 1.07 bits per heavy atom. The van der Waals surface area contributed by atoms with Crippen LogP contribution < -0.4 is 10.6 Å². The molecule has 0 radical (unpaired) electrons. The quantitative estimate of drug-likeness (QED) is 0.808. The summed E-state index contributed by atoms with van der Waals surface area (Å²) in [4.78, 5) is 24.2. The maximum absolute atomic E-state index is 12.8. The number of amides is 1. The third kappa shape index (κ3) is 4.93. The van der Waals surface area contributed by atoms with Gasteiger partial charge in [-0.2, -0.15) is 0 Å². The Hall–Kier alpha value is -2.47. The number of fused-ring (bicyclic) bond motifs is 1. The van der Waals surface area contributed by atoms with Crippen LogP contribution in [0.25, 0.3) is 0 Å². The number of piperidine rings is 2. The highest BCUT2D eigenvalue weighted by atomic mass is 16.1. The minimum Gasteiger partial charge on any atom is -0.352 e. The van der Waals surface area contributed by atoms with Crippen LogP contribution in [0.1, 0.15) is 53.8 Å². The number of nitrogens with one attached hydrogen (secondary N) is 2. The van der Waals surface area contributed by atoms with E-state index >= 15 is 0 Å². The first-order chi connectivity index (χ1) is 14.1. The molecule has 154 valence electrons. The molecule has 2 aromatic rings. The van der Waals surface area contributed by atoms with Crippen LogP contribution >= 0.6 is 0 Å². The molecule has 0 saturated carbocycles. The number of hydrogen-bond donors (Lipinski definition) is 2. The van der Waals surface area contributed by atoms with Crippen molar-refractivity contribution in [1.82, 2.24) is 20.2 Å². The van der Waals surface area contributed by atoms with E-state index in [1.807, 2.05) is 44.2 Å². The lowest BCUT2D eigenvalue weighted by Gasteiger charge is -2.44. The molecule has 2 aliphatic heterocycles. The molecule has 0 bridgehead atoms. The van der Waals surface area contributed by atoms with E-state index < -0.39 is 0 Å². The molecule has 3 heterocycles. The number of aromatic nitrogens is 2. The summed E-state index contributed by atoms with van der Waals surface area (Å²) in [6.45, 7) is 7.11. The van der Waals surface area contributed by atoms with E-state index in [9.17, 15) is 4.79 Å². The lowest BCUT2D eigenvalue weighted by molar-refractivity contribution is 0.0575. The normalized spacial score (nSPS) is 22.0. The second-order valence-corrected chi connectivity index (χ2v) is 8.39. The molecule has 29 heavy (non-hydrogen) atoms. The molecule has 2 atom stereocenters. The molecule has 6 heteroatoms. The van der Waals surface area contributed by atoms with Crippen molar-refractivity contribution < 1.29 is 4.79 Å². The minimum absolute atomic E-state index is 0.0112. The number of anilines is 2. The molecule has 1 amide bonds. The summed E-state index contributed by atoms with van der Waals surface area (Å²) in [7, 11) is 0. The number of rotatable bonds is 5. The topological polar surface area (TPSA) is 70.2 Å². The lowest BCUT2D eigenvalue weighted by Crippen LogP contribution is -2.51. The van der Waals surface area contributed by atoms with Crippen LogP contribution in [0.4, 0.5) is 11.6 Å². The molecule has 2 N–H and O–H groups in total. The Labute approximate surface area is 173 Å². The van der Waals surface area contributed by atoms with Crippen molar-refractivity contribution in [2.75, 3.05) is 25.0 Å². The van der Waals surface area contributed by atoms with Gasteiger partial charge in [0.15, 0.2) is 0 Å². The summed E-state index contributed by atoms with van der Waals surface area (Å²) >= 11 is 0. The predicted molar refractivity (Wildman–Crippen MR) is 115 cm³/mol. The van der Waals surface area contributed by atoms with Gasteiger partial charge in [-0.15, -0.1) is 0 Å². The molecule has 1 aromatic heterocycles. The summed E-state index contributed by atoms with van der Waals surface area (Å²) in [5.74, 6) is 1.11. The Morgan fingerprint density at radius 2 is 1.86 bits per heavy atom. The summed E-state index contributed by atoms with van der Waals surface area (Å²) in [6, 6.07) is 10.1. The van der Waals surface area contributed by atoms with Crippen molar-refractivity contribution in [3.05, 3.63) is 47.3 Å². The first-order valence-electron chi connectivity index (χ1n) is 10.8.